The SMILES string of the molecule is CC(C)(C)OC(=O)N1CCCN(C(=O)OC(C)(C)C)CCN(C(=O)OC(C)(C)C)CCCN(CCCNC(=O)OCc2ccccc2)CC1. The number of hydrogen-bond acceptors (Lipinski definition) is 9. The van der Waals surface area contributed by atoms with Gasteiger partial charge < -0.3 is 43.9 Å². The molecule has 1 aliphatic heterocycles. The van der Waals surface area contributed by atoms with Crippen molar-refractivity contribution in [3.05, 3.63) is 35.9 Å². The number of alkyl carbamates (subject to hydrolysis) is 1. The highest BCUT2D eigenvalue weighted by Crippen LogP contribution is 2.15. The van der Waals surface area contributed by atoms with Gasteiger partial charge in [0.15, 0.2) is 0 Å². The minimum absolute atomic E-state index is 0.197. The molecule has 1 aromatic carbocycles. The van der Waals surface area contributed by atoms with Crippen LogP contribution in [-0.4, -0.2) is 126 Å². The van der Waals surface area contributed by atoms with E-state index in [1.54, 1.807) is 14.7 Å². The standard InChI is InChI=1S/C36H61N5O8/c1-34(2,3)47-31(43)39-22-15-23-41(33(45)49-36(7,8)9)27-26-40(32(44)48-35(4,5)6)21-14-20-38(24-25-39)19-13-18-37-30(42)46-28-29-16-11-10-12-17-29/h10-12,16-17H,13-15,18-28H2,1-9H3,(H,37,42). The Balaban J connectivity index is 2.15. The van der Waals surface area contributed by atoms with Gasteiger partial charge in [-0.15, -0.1) is 0 Å². The van der Waals surface area contributed by atoms with Gasteiger partial charge in [0.25, 0.3) is 0 Å². The molecule has 0 bridgehead atoms. The monoisotopic (exact) mass is 691 g/mol. The predicted molar refractivity (Wildman–Crippen MR) is 188 cm³/mol. The molecular formula is C36H61N5O8. The Bertz CT molecular complexity index is 1180. The molecule has 0 aliphatic carbocycles. The second-order valence-electron chi connectivity index (χ2n) is 15.3. The van der Waals surface area contributed by atoms with E-state index in [9.17, 15) is 19.2 Å². The number of rotatable bonds is 6. The van der Waals surface area contributed by atoms with Crippen molar-refractivity contribution >= 4 is 24.4 Å². The van der Waals surface area contributed by atoms with Crippen LogP contribution in [0, 0.1) is 0 Å². The molecule has 13 heteroatoms. The molecule has 1 fully saturated rings. The molecule has 0 spiro atoms. The summed E-state index contributed by atoms with van der Waals surface area (Å²) >= 11 is 0. The summed E-state index contributed by atoms with van der Waals surface area (Å²) in [6.07, 6.45) is -0.0319. The molecule has 0 unspecified atom stereocenters. The van der Waals surface area contributed by atoms with E-state index in [2.05, 4.69) is 10.2 Å². The molecule has 1 saturated heterocycles. The summed E-state index contributed by atoms with van der Waals surface area (Å²) < 4.78 is 22.4. The van der Waals surface area contributed by atoms with Crippen LogP contribution in [0.4, 0.5) is 19.2 Å². The summed E-state index contributed by atoms with van der Waals surface area (Å²) in [6, 6.07) is 9.50. The maximum atomic E-state index is 13.3. The Morgan fingerprint density at radius 1 is 0.612 bits per heavy atom. The van der Waals surface area contributed by atoms with Crippen molar-refractivity contribution in [2.45, 2.75) is 105 Å². The number of carbonyl (C=O) groups is 4. The number of amides is 4. The average Bonchev–Trinajstić information content (AvgIpc) is 2.97. The number of hydrogen-bond donors (Lipinski definition) is 1. The summed E-state index contributed by atoms with van der Waals surface area (Å²) in [5.41, 5.74) is -1.11. The molecule has 278 valence electrons. The number of ether oxygens (including phenoxy) is 4. The molecule has 0 atom stereocenters. The van der Waals surface area contributed by atoms with Crippen LogP contribution in [0.1, 0.15) is 87.1 Å². The zero-order chi connectivity index (χ0) is 36.7. The molecule has 0 aromatic heterocycles. The van der Waals surface area contributed by atoms with Gasteiger partial charge in [0.1, 0.15) is 23.4 Å². The molecule has 4 amide bonds. The number of carbonyl (C=O) groups excluding carboxylic acids is 4. The maximum absolute atomic E-state index is 13.3. The molecule has 49 heavy (non-hydrogen) atoms. The normalized spacial score (nSPS) is 16.3. The third-order valence-electron chi connectivity index (χ3n) is 7.17. The summed E-state index contributed by atoms with van der Waals surface area (Å²) in [4.78, 5) is 59.1. The second kappa shape index (κ2) is 19.4. The zero-order valence-electron chi connectivity index (χ0n) is 31.3. The molecule has 1 aliphatic rings. The molecule has 1 heterocycles. The Labute approximate surface area is 293 Å². The maximum Gasteiger partial charge on any atom is 0.410 e. The fourth-order valence-corrected chi connectivity index (χ4v) is 4.91. The van der Waals surface area contributed by atoms with Crippen LogP contribution >= 0.6 is 0 Å². The van der Waals surface area contributed by atoms with Crippen LogP contribution in [0.2, 0.25) is 0 Å². The van der Waals surface area contributed by atoms with Crippen LogP contribution in [0.25, 0.3) is 0 Å². The van der Waals surface area contributed by atoms with Gasteiger partial charge in [-0.05, 0) is 100 Å². The van der Waals surface area contributed by atoms with Gasteiger partial charge in [0.05, 0.1) is 0 Å². The van der Waals surface area contributed by atoms with E-state index in [4.69, 9.17) is 18.9 Å². The molecule has 13 nitrogen and oxygen atoms in total. The first kappa shape index (κ1) is 41.4. The molecule has 1 aromatic rings. The fourth-order valence-electron chi connectivity index (χ4n) is 4.91. The lowest BCUT2D eigenvalue weighted by Crippen LogP contribution is -2.47. The Morgan fingerprint density at radius 2 is 1.04 bits per heavy atom. The van der Waals surface area contributed by atoms with Crippen molar-refractivity contribution in [2.24, 2.45) is 0 Å². The summed E-state index contributed by atoms with van der Waals surface area (Å²) in [5, 5.41) is 2.82. The van der Waals surface area contributed by atoms with E-state index >= 15 is 0 Å². The van der Waals surface area contributed by atoms with Crippen molar-refractivity contribution < 1.29 is 38.1 Å². The first-order valence-corrected chi connectivity index (χ1v) is 17.4. The van der Waals surface area contributed by atoms with Gasteiger partial charge in [-0.25, -0.2) is 19.2 Å². The van der Waals surface area contributed by atoms with Gasteiger partial charge in [0, 0.05) is 52.4 Å². The van der Waals surface area contributed by atoms with E-state index in [0.29, 0.717) is 71.6 Å². The third kappa shape index (κ3) is 18.6. The van der Waals surface area contributed by atoms with E-state index in [1.807, 2.05) is 92.6 Å². The minimum atomic E-state index is -0.689. The lowest BCUT2D eigenvalue weighted by molar-refractivity contribution is 0.0102. The largest absolute Gasteiger partial charge is 0.445 e. The Hall–Kier alpha value is -3.74. The van der Waals surface area contributed by atoms with Crippen LogP contribution in [0.3, 0.4) is 0 Å². The summed E-state index contributed by atoms with van der Waals surface area (Å²) in [5.74, 6) is 0. The van der Waals surface area contributed by atoms with Gasteiger partial charge in [-0.1, -0.05) is 30.3 Å². The van der Waals surface area contributed by atoms with Gasteiger partial charge >= 0.3 is 24.4 Å². The van der Waals surface area contributed by atoms with Gasteiger partial charge in [-0.2, -0.15) is 0 Å². The lowest BCUT2D eigenvalue weighted by Gasteiger charge is -2.34. The molecule has 0 radical (unpaired) electrons. The summed E-state index contributed by atoms with van der Waals surface area (Å²) in [6.45, 7) is 20.9. The van der Waals surface area contributed by atoms with Gasteiger partial charge in [-0.3, -0.25) is 0 Å². The fraction of sp³-hybridized carbons (Fsp3) is 0.722. The molecule has 2 rings (SSSR count). The number of nitrogens with one attached hydrogen (secondary N) is 1. The topological polar surface area (TPSA) is 130 Å². The van der Waals surface area contributed by atoms with Crippen molar-refractivity contribution in [3.8, 4) is 0 Å². The number of benzene rings is 1. The van der Waals surface area contributed by atoms with Gasteiger partial charge in [0.2, 0.25) is 0 Å². The Morgan fingerprint density at radius 3 is 1.49 bits per heavy atom. The van der Waals surface area contributed by atoms with E-state index in [1.165, 1.54) is 0 Å². The third-order valence-corrected chi connectivity index (χ3v) is 7.17. The van der Waals surface area contributed by atoms with Crippen LogP contribution in [0.5, 0.6) is 0 Å². The summed E-state index contributed by atoms with van der Waals surface area (Å²) in [7, 11) is 0. The van der Waals surface area contributed by atoms with Crippen LogP contribution < -0.4 is 5.32 Å². The first-order chi connectivity index (χ1) is 22.8. The molecule has 0 saturated carbocycles. The zero-order valence-corrected chi connectivity index (χ0v) is 31.3. The highest BCUT2D eigenvalue weighted by molar-refractivity contribution is 5.70. The quantitative estimate of drug-likeness (QED) is 0.277. The van der Waals surface area contributed by atoms with Crippen LogP contribution in [-0.2, 0) is 25.6 Å². The van der Waals surface area contributed by atoms with Crippen LogP contribution in [0.15, 0.2) is 30.3 Å². The first-order valence-electron chi connectivity index (χ1n) is 17.4. The van der Waals surface area contributed by atoms with Crippen molar-refractivity contribution in [1.82, 2.24) is 24.9 Å². The number of nitrogens with zero attached hydrogens (tertiary/aromatic N) is 4. The Kier molecular flexibility index (Phi) is 16.4. The average molecular weight is 692 g/mol. The molecular weight excluding hydrogens is 630 g/mol. The highest BCUT2D eigenvalue weighted by Gasteiger charge is 2.28. The second-order valence-corrected chi connectivity index (χ2v) is 15.3. The van der Waals surface area contributed by atoms with E-state index in [0.717, 1.165) is 5.56 Å². The van der Waals surface area contributed by atoms with E-state index < -0.39 is 41.2 Å². The smallest absolute Gasteiger partial charge is 0.410 e. The highest BCUT2D eigenvalue weighted by atomic mass is 16.6. The lowest BCUT2D eigenvalue weighted by atomic mass is 10.2. The molecule has 1 N–H and O–H groups in total. The van der Waals surface area contributed by atoms with Crippen molar-refractivity contribution in [2.75, 3.05) is 65.4 Å². The van der Waals surface area contributed by atoms with Crippen molar-refractivity contribution in [1.29, 1.82) is 0 Å². The predicted octanol–water partition coefficient (Wildman–Crippen LogP) is 6.11. The van der Waals surface area contributed by atoms with E-state index in [-0.39, 0.29) is 19.7 Å². The van der Waals surface area contributed by atoms with Crippen molar-refractivity contribution in [3.63, 3.8) is 0 Å². The minimum Gasteiger partial charge on any atom is -0.445 e.